The number of anilines is 2. The van der Waals surface area contributed by atoms with E-state index in [9.17, 15) is 4.79 Å². The number of hydrogen-bond donors (Lipinski definition) is 2. The molecular weight excluding hydrogens is 216 g/mol. The van der Waals surface area contributed by atoms with Gasteiger partial charge in [0, 0.05) is 11.8 Å². The highest BCUT2D eigenvalue weighted by Gasteiger charge is 2.06. The quantitative estimate of drug-likeness (QED) is 0.357. The minimum Gasteiger partial charge on any atom is -0.421 e. The van der Waals surface area contributed by atoms with E-state index in [1.54, 1.807) is 24.3 Å². The predicted molar refractivity (Wildman–Crippen MR) is 68.6 cm³/mol. The molecule has 0 fully saturated rings. The fraction of sp³-hybridized carbons (Fsp3) is 0. The molecule has 0 saturated carbocycles. The van der Waals surface area contributed by atoms with Gasteiger partial charge in [0.05, 0.1) is 5.69 Å². The first kappa shape index (κ1) is 11.0. The Balaban J connectivity index is 2.53. The normalized spacial score (nSPS) is 10.1. The van der Waals surface area contributed by atoms with Crippen LogP contribution in [-0.4, -0.2) is 5.97 Å². The summed E-state index contributed by atoms with van der Waals surface area (Å²) in [5.74, 6) is -0.229. The van der Waals surface area contributed by atoms with Gasteiger partial charge in [-0.2, -0.15) is 0 Å². The lowest BCUT2D eigenvalue weighted by Crippen LogP contribution is -2.05. The van der Waals surface area contributed by atoms with Gasteiger partial charge < -0.3 is 16.2 Å². The fourth-order valence-electron chi connectivity index (χ4n) is 1.55. The lowest BCUT2D eigenvalue weighted by molar-refractivity contribution is -0.128. The third kappa shape index (κ3) is 2.20. The molecule has 0 aromatic heterocycles. The zero-order valence-corrected chi connectivity index (χ0v) is 9.14. The van der Waals surface area contributed by atoms with Crippen LogP contribution >= 0.6 is 0 Å². The first-order chi connectivity index (χ1) is 8.10. The Hall–Kier alpha value is -2.49. The second kappa shape index (κ2) is 4.17. The summed E-state index contributed by atoms with van der Waals surface area (Å²) in [5, 5.41) is 1.81. The molecular formula is C13H12N2O2. The van der Waals surface area contributed by atoms with Crippen LogP contribution in [0.1, 0.15) is 0 Å². The number of nitrogen functional groups attached to an aromatic ring is 2. The van der Waals surface area contributed by atoms with Crippen molar-refractivity contribution in [1.29, 1.82) is 0 Å². The zero-order valence-electron chi connectivity index (χ0n) is 9.14. The van der Waals surface area contributed by atoms with Crippen LogP contribution in [0.15, 0.2) is 43.0 Å². The van der Waals surface area contributed by atoms with Gasteiger partial charge >= 0.3 is 5.97 Å². The number of fused-ring (bicyclic) bond motifs is 1. The standard InChI is InChI=1S/C13H12N2O2/c1-2-13(16)17-12-7-9-5-10(14)4-3-8(9)6-11(12)15/h2-7H,1,14-15H2. The van der Waals surface area contributed by atoms with Crippen LogP contribution in [0.2, 0.25) is 0 Å². The van der Waals surface area contributed by atoms with Crippen molar-refractivity contribution in [2.75, 3.05) is 11.5 Å². The summed E-state index contributed by atoms with van der Waals surface area (Å²) >= 11 is 0. The molecule has 0 atom stereocenters. The summed E-state index contributed by atoms with van der Waals surface area (Å²) in [6.07, 6.45) is 1.09. The summed E-state index contributed by atoms with van der Waals surface area (Å²) < 4.78 is 5.02. The molecule has 0 aliphatic rings. The number of ether oxygens (including phenoxy) is 1. The molecule has 2 rings (SSSR count). The van der Waals surface area contributed by atoms with Gasteiger partial charge in [-0.15, -0.1) is 0 Å². The highest BCUT2D eigenvalue weighted by atomic mass is 16.5. The van der Waals surface area contributed by atoms with Gasteiger partial charge in [-0.25, -0.2) is 4.79 Å². The summed E-state index contributed by atoms with van der Waals surface area (Å²) in [7, 11) is 0. The molecule has 17 heavy (non-hydrogen) atoms. The van der Waals surface area contributed by atoms with E-state index >= 15 is 0 Å². The van der Waals surface area contributed by atoms with Gasteiger partial charge in [0.1, 0.15) is 0 Å². The average Bonchev–Trinajstić information content (AvgIpc) is 2.30. The zero-order chi connectivity index (χ0) is 12.4. The Morgan fingerprint density at radius 2 is 1.94 bits per heavy atom. The molecule has 2 aromatic carbocycles. The van der Waals surface area contributed by atoms with Crippen molar-refractivity contribution in [2.45, 2.75) is 0 Å². The number of nitrogens with two attached hydrogens (primary N) is 2. The summed E-state index contributed by atoms with van der Waals surface area (Å²) in [4.78, 5) is 11.1. The molecule has 0 amide bonds. The molecule has 2 aromatic rings. The Kier molecular flexibility index (Phi) is 2.70. The van der Waals surface area contributed by atoms with Crippen molar-refractivity contribution in [1.82, 2.24) is 0 Å². The van der Waals surface area contributed by atoms with Crippen LogP contribution in [0.4, 0.5) is 11.4 Å². The second-order valence-electron chi connectivity index (χ2n) is 3.62. The molecule has 4 N–H and O–H groups in total. The Bertz CT molecular complexity index is 606. The van der Waals surface area contributed by atoms with Gasteiger partial charge in [-0.3, -0.25) is 0 Å². The van der Waals surface area contributed by atoms with E-state index < -0.39 is 5.97 Å². The molecule has 4 heteroatoms. The van der Waals surface area contributed by atoms with Crippen LogP contribution in [-0.2, 0) is 4.79 Å². The van der Waals surface area contributed by atoms with Crippen molar-refractivity contribution < 1.29 is 9.53 Å². The van der Waals surface area contributed by atoms with E-state index in [1.807, 2.05) is 6.07 Å². The van der Waals surface area contributed by atoms with Crippen molar-refractivity contribution >= 4 is 28.1 Å². The van der Waals surface area contributed by atoms with Gasteiger partial charge in [0.2, 0.25) is 0 Å². The minimum atomic E-state index is -0.542. The largest absolute Gasteiger partial charge is 0.421 e. The van der Waals surface area contributed by atoms with Gasteiger partial charge in [-0.1, -0.05) is 12.6 Å². The summed E-state index contributed by atoms with van der Waals surface area (Å²) in [6, 6.07) is 8.86. The number of esters is 1. The van der Waals surface area contributed by atoms with Gasteiger partial charge in [-0.05, 0) is 35.0 Å². The monoisotopic (exact) mass is 228 g/mol. The topological polar surface area (TPSA) is 78.3 Å². The van der Waals surface area contributed by atoms with Crippen molar-refractivity contribution in [2.24, 2.45) is 0 Å². The SMILES string of the molecule is C=CC(=O)Oc1cc2cc(N)ccc2cc1N. The first-order valence-electron chi connectivity index (χ1n) is 5.03. The van der Waals surface area contributed by atoms with Crippen molar-refractivity contribution in [3.8, 4) is 5.75 Å². The third-order valence-corrected chi connectivity index (χ3v) is 2.37. The number of rotatable bonds is 2. The maximum Gasteiger partial charge on any atom is 0.335 e. The molecule has 0 bridgehead atoms. The van der Waals surface area contributed by atoms with Crippen LogP contribution in [0, 0.1) is 0 Å². The molecule has 4 nitrogen and oxygen atoms in total. The molecule has 0 heterocycles. The predicted octanol–water partition coefficient (Wildman–Crippen LogP) is 2.10. The third-order valence-electron chi connectivity index (χ3n) is 2.37. The average molecular weight is 228 g/mol. The number of carbonyl (C=O) groups is 1. The van der Waals surface area contributed by atoms with E-state index in [0.29, 0.717) is 17.1 Å². The molecule has 0 spiro atoms. The maximum absolute atomic E-state index is 11.1. The van der Waals surface area contributed by atoms with E-state index in [4.69, 9.17) is 16.2 Å². The molecule has 0 radical (unpaired) electrons. The lowest BCUT2D eigenvalue weighted by atomic mass is 10.1. The first-order valence-corrected chi connectivity index (χ1v) is 5.03. The summed E-state index contributed by atoms with van der Waals surface area (Å²) in [5.41, 5.74) is 12.5. The highest BCUT2D eigenvalue weighted by Crippen LogP contribution is 2.29. The Morgan fingerprint density at radius 3 is 2.65 bits per heavy atom. The van der Waals surface area contributed by atoms with Crippen molar-refractivity contribution in [3.63, 3.8) is 0 Å². The van der Waals surface area contributed by atoms with E-state index in [-0.39, 0.29) is 0 Å². The van der Waals surface area contributed by atoms with Gasteiger partial charge in [0.25, 0.3) is 0 Å². The fourth-order valence-corrected chi connectivity index (χ4v) is 1.55. The van der Waals surface area contributed by atoms with Crippen LogP contribution in [0.3, 0.4) is 0 Å². The van der Waals surface area contributed by atoms with Gasteiger partial charge in [0.15, 0.2) is 5.75 Å². The van der Waals surface area contributed by atoms with E-state index in [1.165, 1.54) is 0 Å². The second-order valence-corrected chi connectivity index (χ2v) is 3.62. The van der Waals surface area contributed by atoms with E-state index in [2.05, 4.69) is 6.58 Å². The Morgan fingerprint density at radius 1 is 1.18 bits per heavy atom. The highest BCUT2D eigenvalue weighted by molar-refractivity contribution is 5.92. The minimum absolute atomic E-state index is 0.313. The van der Waals surface area contributed by atoms with Crippen LogP contribution in [0.5, 0.6) is 5.75 Å². The lowest BCUT2D eigenvalue weighted by Gasteiger charge is -2.07. The smallest absolute Gasteiger partial charge is 0.335 e. The Labute approximate surface area is 98.5 Å². The molecule has 86 valence electrons. The molecule has 0 unspecified atom stereocenters. The van der Waals surface area contributed by atoms with E-state index in [0.717, 1.165) is 16.8 Å². The van der Waals surface area contributed by atoms with Crippen LogP contribution in [0.25, 0.3) is 10.8 Å². The molecule has 0 aliphatic heterocycles. The summed E-state index contributed by atoms with van der Waals surface area (Å²) in [6.45, 7) is 3.33. The number of carbonyl (C=O) groups excluding carboxylic acids is 1. The van der Waals surface area contributed by atoms with Crippen molar-refractivity contribution in [3.05, 3.63) is 43.0 Å². The molecule has 0 saturated heterocycles. The number of benzene rings is 2. The number of hydrogen-bond acceptors (Lipinski definition) is 4. The van der Waals surface area contributed by atoms with Crippen LogP contribution < -0.4 is 16.2 Å². The molecule has 0 aliphatic carbocycles. The maximum atomic E-state index is 11.1.